The molecule has 0 aromatic rings. The second kappa shape index (κ2) is 9.49. The highest BCUT2D eigenvalue weighted by atomic mass is 19.3. The molecule has 19 heteroatoms. The molecule has 7 nitrogen and oxygen atoms in total. The Balaban J connectivity index is 4.65. The number of hydrogen-bond acceptors (Lipinski definition) is 7. The summed E-state index contributed by atoms with van der Waals surface area (Å²) in [6.07, 6.45) is -1.37. The number of carbonyl (C=O) groups excluding carboxylic acids is 3. The van der Waals surface area contributed by atoms with Gasteiger partial charge in [-0.2, -0.15) is 43.9 Å². The van der Waals surface area contributed by atoms with Crippen LogP contribution in [0.5, 0.6) is 0 Å². The number of ether oxygens (including phenoxy) is 3. The van der Waals surface area contributed by atoms with Crippen LogP contribution in [0.1, 0.15) is 0 Å². The lowest BCUT2D eigenvalue weighted by Crippen LogP contribution is -2.90. The highest BCUT2D eigenvalue weighted by Crippen LogP contribution is 2.68. The minimum absolute atomic E-state index is 0.409. The van der Waals surface area contributed by atoms with Crippen LogP contribution in [0.25, 0.3) is 0 Å². The summed E-state index contributed by atoms with van der Waals surface area (Å²) in [7, 11) is 0. The maximum atomic E-state index is 15.7. The number of halogens is 12. The summed E-state index contributed by atoms with van der Waals surface area (Å²) >= 11 is 0. The summed E-state index contributed by atoms with van der Waals surface area (Å²) in [4.78, 5) is 34.3. The maximum Gasteiger partial charge on any atom is 0.397 e. The molecule has 38 heavy (non-hydrogen) atoms. The van der Waals surface area contributed by atoms with Crippen LogP contribution in [0.2, 0.25) is 0 Å². The minimum atomic E-state index is -7.70. The monoisotopic (exact) mass is 582 g/mol. The van der Waals surface area contributed by atoms with Gasteiger partial charge in [-0.15, -0.1) is 0 Å². The van der Waals surface area contributed by atoms with E-state index in [4.69, 9.17) is 0 Å². The molecule has 4 atom stereocenters. The number of carbonyl (C=O) groups is 3. The van der Waals surface area contributed by atoms with Crippen molar-refractivity contribution in [2.24, 2.45) is 0 Å². The molecule has 1 saturated carbocycles. The first kappa shape index (κ1) is 32.8. The first-order valence-electron chi connectivity index (χ1n) is 9.28. The van der Waals surface area contributed by atoms with Crippen LogP contribution in [0.15, 0.2) is 38.0 Å². The molecular weight excluding hydrogens is 568 g/mol. The van der Waals surface area contributed by atoms with E-state index in [1.807, 2.05) is 0 Å². The highest BCUT2D eigenvalue weighted by Gasteiger charge is 3.02. The van der Waals surface area contributed by atoms with Gasteiger partial charge in [-0.05, 0) is 0 Å². The Hall–Kier alpha value is -3.25. The van der Waals surface area contributed by atoms with Gasteiger partial charge < -0.3 is 19.3 Å². The van der Waals surface area contributed by atoms with Crippen LogP contribution in [-0.2, 0) is 28.6 Å². The predicted octanol–water partition coefficient (Wildman–Crippen LogP) is 3.47. The predicted molar refractivity (Wildman–Crippen MR) is 96.0 cm³/mol. The molecular formula is C19H14F12O7. The standard InChI is InChI=1S/C19H14F12O7/c1-4-9(32)36-13(8-21)14(22,23)12(35,7-20)15(24,25)18(30,37-10(33)5-2)17(28,29)19(31,16(13,26)27)38-11(34)6-3/h4-6,35H,1-3,7-8H2. The first-order chi connectivity index (χ1) is 17.0. The van der Waals surface area contributed by atoms with Crippen LogP contribution in [-0.4, -0.2) is 83.0 Å². The molecule has 4 unspecified atom stereocenters. The van der Waals surface area contributed by atoms with Crippen molar-refractivity contribution in [2.75, 3.05) is 13.3 Å². The van der Waals surface area contributed by atoms with E-state index in [9.17, 15) is 28.3 Å². The average Bonchev–Trinajstić information content (AvgIpc) is 2.84. The van der Waals surface area contributed by atoms with Crippen molar-refractivity contribution >= 4 is 17.9 Å². The van der Waals surface area contributed by atoms with Gasteiger partial charge in [0.1, 0.15) is 13.3 Å². The molecule has 1 aliphatic carbocycles. The quantitative estimate of drug-likeness (QED) is 0.203. The van der Waals surface area contributed by atoms with Crippen molar-refractivity contribution in [3.8, 4) is 0 Å². The summed E-state index contributed by atoms with van der Waals surface area (Å²) in [5, 5.41) is 9.85. The Bertz CT molecular complexity index is 1030. The third-order valence-corrected chi connectivity index (χ3v) is 5.31. The third-order valence-electron chi connectivity index (χ3n) is 5.31. The molecule has 1 aliphatic rings. The molecule has 1 N–H and O–H groups in total. The number of esters is 3. The van der Waals surface area contributed by atoms with Crippen molar-refractivity contribution in [3.63, 3.8) is 0 Å². The molecule has 1 rings (SSSR count). The van der Waals surface area contributed by atoms with E-state index in [1.165, 1.54) is 0 Å². The Morgan fingerprint density at radius 2 is 0.921 bits per heavy atom. The molecule has 0 heterocycles. The lowest BCUT2D eigenvalue weighted by molar-refractivity contribution is -0.510. The molecule has 0 saturated heterocycles. The fourth-order valence-electron chi connectivity index (χ4n) is 3.18. The van der Waals surface area contributed by atoms with Crippen molar-refractivity contribution in [1.82, 2.24) is 0 Å². The van der Waals surface area contributed by atoms with Crippen LogP contribution < -0.4 is 0 Å². The number of rotatable bonds is 8. The van der Waals surface area contributed by atoms with Crippen LogP contribution in [0.3, 0.4) is 0 Å². The summed E-state index contributed by atoms with van der Waals surface area (Å²) in [5.74, 6) is -53.1. The molecule has 0 spiro atoms. The largest absolute Gasteiger partial charge is 0.440 e. The molecule has 0 radical (unpaired) electrons. The Labute approximate surface area is 203 Å². The second-order valence-electron chi connectivity index (χ2n) is 7.32. The fraction of sp³-hybridized carbons (Fsp3) is 0.526. The lowest BCUT2D eigenvalue weighted by Gasteiger charge is -2.57. The lowest BCUT2D eigenvalue weighted by atomic mass is 9.66. The topological polar surface area (TPSA) is 99.1 Å². The van der Waals surface area contributed by atoms with Gasteiger partial charge in [-0.3, -0.25) is 0 Å². The Morgan fingerprint density at radius 1 is 0.579 bits per heavy atom. The highest BCUT2D eigenvalue weighted by molar-refractivity contribution is 5.83. The van der Waals surface area contributed by atoms with Crippen molar-refractivity contribution in [1.29, 1.82) is 0 Å². The molecule has 0 aromatic carbocycles. The molecule has 0 aliphatic heterocycles. The molecule has 1 fully saturated rings. The van der Waals surface area contributed by atoms with Gasteiger partial charge in [-0.1, -0.05) is 19.7 Å². The second-order valence-corrected chi connectivity index (χ2v) is 7.32. The van der Waals surface area contributed by atoms with Gasteiger partial charge in [0.05, 0.1) is 0 Å². The summed E-state index contributed by atoms with van der Waals surface area (Å²) < 4.78 is 191. The maximum absolute atomic E-state index is 15.7. The smallest absolute Gasteiger partial charge is 0.397 e. The van der Waals surface area contributed by atoms with Gasteiger partial charge in [0.25, 0.3) is 5.60 Å². The number of aliphatic hydroxyl groups is 1. The van der Waals surface area contributed by atoms with Crippen molar-refractivity contribution < 1.29 is 86.4 Å². The Morgan fingerprint density at radius 3 is 1.24 bits per heavy atom. The van der Waals surface area contributed by atoms with Crippen molar-refractivity contribution in [2.45, 2.75) is 46.6 Å². The van der Waals surface area contributed by atoms with Gasteiger partial charge in [0.15, 0.2) is 0 Å². The van der Waals surface area contributed by atoms with E-state index in [1.54, 1.807) is 0 Å². The van der Waals surface area contributed by atoms with Crippen LogP contribution >= 0.6 is 0 Å². The Kier molecular flexibility index (Phi) is 8.19. The van der Waals surface area contributed by atoms with E-state index < -0.39 is 96.1 Å². The van der Waals surface area contributed by atoms with Gasteiger partial charge in [-0.25, -0.2) is 23.2 Å². The zero-order valence-corrected chi connectivity index (χ0v) is 18.2. The van der Waals surface area contributed by atoms with E-state index in [-0.39, 0.29) is 0 Å². The van der Waals surface area contributed by atoms with Crippen LogP contribution in [0.4, 0.5) is 52.7 Å². The zero-order chi connectivity index (χ0) is 30.4. The van der Waals surface area contributed by atoms with E-state index >= 15 is 43.9 Å². The van der Waals surface area contributed by atoms with E-state index in [2.05, 4.69) is 33.9 Å². The molecule has 0 aromatic heterocycles. The summed E-state index contributed by atoms with van der Waals surface area (Å²) in [6, 6.07) is 0. The van der Waals surface area contributed by atoms with Crippen molar-refractivity contribution in [3.05, 3.63) is 38.0 Å². The summed E-state index contributed by atoms with van der Waals surface area (Å²) in [6.45, 7) is -0.588. The van der Waals surface area contributed by atoms with Gasteiger partial charge in [0, 0.05) is 18.2 Å². The van der Waals surface area contributed by atoms with E-state index in [0.717, 1.165) is 0 Å². The molecule has 0 amide bonds. The van der Waals surface area contributed by atoms with E-state index in [0.29, 0.717) is 0 Å². The molecule has 0 bridgehead atoms. The molecule has 216 valence electrons. The van der Waals surface area contributed by atoms with Gasteiger partial charge >= 0.3 is 53.3 Å². The summed E-state index contributed by atoms with van der Waals surface area (Å²) in [5.41, 5.74) is -13.2. The normalized spacial score (nSPS) is 35.0. The number of hydrogen-bond donors (Lipinski definition) is 1. The van der Waals surface area contributed by atoms with Crippen LogP contribution in [0, 0.1) is 0 Å². The zero-order valence-electron chi connectivity index (χ0n) is 18.2. The first-order valence-corrected chi connectivity index (χ1v) is 9.28. The SMILES string of the molecule is C=CC(=O)OC1(F)C(F)(F)C(O)(CF)C(F)(F)C(CF)(OC(=O)C=C)C(F)(F)C(F)(OC(=O)C=C)C1(F)F. The third kappa shape index (κ3) is 3.60. The van der Waals surface area contributed by atoms with Gasteiger partial charge in [0.2, 0.25) is 5.60 Å². The number of alkyl halides is 12. The average molecular weight is 582 g/mol. The minimum Gasteiger partial charge on any atom is -0.440 e. The fourth-order valence-corrected chi connectivity index (χ4v) is 3.18.